The molecule has 1 aliphatic carbocycles. The van der Waals surface area contributed by atoms with Crippen molar-refractivity contribution in [3.63, 3.8) is 0 Å². The molecule has 2 N–H and O–H groups in total. The molecule has 4 rings (SSSR count). The lowest BCUT2D eigenvalue weighted by molar-refractivity contribution is 0.0864. The van der Waals surface area contributed by atoms with Crippen LogP contribution in [0.15, 0.2) is 12.1 Å². The molecule has 1 heterocycles. The first-order valence-electron chi connectivity index (χ1n) is 9.58. The van der Waals surface area contributed by atoms with Crippen LogP contribution < -0.4 is 23.7 Å². The van der Waals surface area contributed by atoms with Gasteiger partial charge in [-0.15, -0.1) is 0 Å². The van der Waals surface area contributed by atoms with E-state index in [2.05, 4.69) is 6.92 Å². The zero-order valence-electron chi connectivity index (χ0n) is 17.2. The number of hydrogen-bond acceptors (Lipinski definition) is 7. The summed E-state index contributed by atoms with van der Waals surface area (Å²) in [6, 6.07) is 3.51. The van der Waals surface area contributed by atoms with E-state index >= 15 is 0 Å². The zero-order valence-corrected chi connectivity index (χ0v) is 17.2. The average Bonchev–Trinajstić information content (AvgIpc) is 3.18. The number of aromatic hydroxyl groups is 1. The summed E-state index contributed by atoms with van der Waals surface area (Å²) in [6.07, 6.45) is -0.112. The molecule has 2 aromatic rings. The van der Waals surface area contributed by atoms with Gasteiger partial charge in [0.25, 0.3) is 0 Å². The Morgan fingerprint density at radius 3 is 2.28 bits per heavy atom. The lowest BCUT2D eigenvalue weighted by Crippen LogP contribution is -2.22. The molecule has 2 aromatic carbocycles. The van der Waals surface area contributed by atoms with Crippen LogP contribution in [-0.2, 0) is 6.42 Å². The van der Waals surface area contributed by atoms with Crippen molar-refractivity contribution in [1.29, 1.82) is 0 Å². The number of benzene rings is 2. The first kappa shape index (κ1) is 19.5. The van der Waals surface area contributed by atoms with Crippen molar-refractivity contribution in [1.82, 2.24) is 0 Å². The third kappa shape index (κ3) is 2.83. The normalized spacial score (nSPS) is 22.2. The fraction of sp³-hybridized carbons (Fsp3) is 0.455. The molecule has 7 heteroatoms. The van der Waals surface area contributed by atoms with E-state index in [-0.39, 0.29) is 30.1 Å². The van der Waals surface area contributed by atoms with Crippen molar-refractivity contribution >= 4 is 0 Å². The molecule has 29 heavy (non-hydrogen) atoms. The highest BCUT2D eigenvalue weighted by atomic mass is 16.7. The summed E-state index contributed by atoms with van der Waals surface area (Å²) in [7, 11) is 4.56. The van der Waals surface area contributed by atoms with E-state index < -0.39 is 6.10 Å². The van der Waals surface area contributed by atoms with Gasteiger partial charge in [0.15, 0.2) is 23.0 Å². The lowest BCUT2D eigenvalue weighted by atomic mass is 9.76. The fourth-order valence-electron chi connectivity index (χ4n) is 4.35. The Labute approximate surface area is 169 Å². The summed E-state index contributed by atoms with van der Waals surface area (Å²) in [4.78, 5) is 0. The molecule has 1 unspecified atom stereocenters. The Kier molecular flexibility index (Phi) is 4.86. The predicted octanol–water partition coefficient (Wildman–Crippen LogP) is 3.68. The first-order valence-corrected chi connectivity index (χ1v) is 9.58. The second kappa shape index (κ2) is 7.22. The van der Waals surface area contributed by atoms with Crippen LogP contribution in [0, 0.1) is 11.8 Å². The highest BCUT2D eigenvalue weighted by Gasteiger charge is 2.37. The lowest BCUT2D eigenvalue weighted by Gasteiger charge is -2.33. The molecule has 7 nitrogen and oxygen atoms in total. The van der Waals surface area contributed by atoms with E-state index in [1.807, 2.05) is 13.0 Å². The summed E-state index contributed by atoms with van der Waals surface area (Å²) in [6.45, 7) is 4.18. The van der Waals surface area contributed by atoms with Crippen LogP contribution in [0.5, 0.6) is 34.5 Å². The summed E-state index contributed by atoms with van der Waals surface area (Å²) in [5.74, 6) is 2.20. The number of aliphatic hydroxyl groups is 1. The van der Waals surface area contributed by atoms with E-state index in [1.54, 1.807) is 13.2 Å². The first-order chi connectivity index (χ1) is 13.9. The van der Waals surface area contributed by atoms with Gasteiger partial charge in [0, 0.05) is 11.1 Å². The van der Waals surface area contributed by atoms with Crippen LogP contribution in [0.3, 0.4) is 0 Å². The van der Waals surface area contributed by atoms with E-state index in [4.69, 9.17) is 23.7 Å². The number of fused-ring (bicyclic) bond motifs is 4. The van der Waals surface area contributed by atoms with E-state index in [1.165, 1.54) is 14.2 Å². The number of ether oxygens (including phenoxy) is 5. The van der Waals surface area contributed by atoms with E-state index in [0.717, 1.165) is 5.56 Å². The van der Waals surface area contributed by atoms with Crippen molar-refractivity contribution in [3.8, 4) is 45.6 Å². The predicted molar refractivity (Wildman–Crippen MR) is 106 cm³/mol. The monoisotopic (exact) mass is 402 g/mol. The third-order valence-electron chi connectivity index (χ3n) is 6.07. The maximum atomic E-state index is 11.3. The van der Waals surface area contributed by atoms with Crippen LogP contribution >= 0.6 is 0 Å². The van der Waals surface area contributed by atoms with Gasteiger partial charge in [-0.2, -0.15) is 0 Å². The second-order valence-electron chi connectivity index (χ2n) is 7.59. The van der Waals surface area contributed by atoms with Crippen LogP contribution in [-0.4, -0.2) is 38.3 Å². The van der Waals surface area contributed by atoms with Gasteiger partial charge in [-0.3, -0.25) is 0 Å². The van der Waals surface area contributed by atoms with Crippen LogP contribution in [0.25, 0.3) is 11.1 Å². The molecule has 156 valence electrons. The quantitative estimate of drug-likeness (QED) is 0.810. The molecule has 3 atom stereocenters. The van der Waals surface area contributed by atoms with Crippen molar-refractivity contribution in [3.05, 3.63) is 23.3 Å². The van der Waals surface area contributed by atoms with Crippen LogP contribution in [0.1, 0.15) is 31.1 Å². The number of aliphatic hydroxyl groups excluding tert-OH is 1. The van der Waals surface area contributed by atoms with Gasteiger partial charge >= 0.3 is 0 Å². The largest absolute Gasteiger partial charge is 0.504 e. The average molecular weight is 402 g/mol. The van der Waals surface area contributed by atoms with Gasteiger partial charge in [0.1, 0.15) is 0 Å². The molecule has 0 spiro atoms. The Morgan fingerprint density at radius 2 is 1.62 bits per heavy atom. The minimum atomic E-state index is -0.749. The Hall–Kier alpha value is -2.80. The van der Waals surface area contributed by atoms with E-state index in [9.17, 15) is 10.2 Å². The van der Waals surface area contributed by atoms with E-state index in [0.29, 0.717) is 46.1 Å². The molecule has 0 aromatic heterocycles. The maximum Gasteiger partial charge on any atom is 0.231 e. The molecular weight excluding hydrogens is 376 g/mol. The zero-order chi connectivity index (χ0) is 20.9. The molecule has 0 radical (unpaired) electrons. The minimum Gasteiger partial charge on any atom is -0.504 e. The van der Waals surface area contributed by atoms with Gasteiger partial charge in [0.05, 0.1) is 27.4 Å². The molecule has 0 bridgehead atoms. The number of phenols is 1. The molecule has 0 amide bonds. The number of methoxy groups -OCH3 is 3. The third-order valence-corrected chi connectivity index (χ3v) is 6.07. The van der Waals surface area contributed by atoms with Crippen molar-refractivity contribution in [2.24, 2.45) is 11.8 Å². The SMILES string of the molecule is COc1c(O)cc2c(c1OC)-c1c(cc3c(c1OC)OCO3)[C@H](O)[C@H](C)C(C)C2. The van der Waals surface area contributed by atoms with Gasteiger partial charge in [-0.05, 0) is 41.5 Å². The van der Waals surface area contributed by atoms with Crippen molar-refractivity contribution in [2.45, 2.75) is 26.4 Å². The fourth-order valence-corrected chi connectivity index (χ4v) is 4.35. The van der Waals surface area contributed by atoms with Gasteiger partial charge in [0.2, 0.25) is 18.3 Å². The summed E-state index contributed by atoms with van der Waals surface area (Å²) < 4.78 is 28.1. The summed E-state index contributed by atoms with van der Waals surface area (Å²) in [5, 5.41) is 21.8. The standard InChI is InChI=1S/C22H26O7/c1-10-6-12-7-14(23)19(25-3)21(26-4)16(12)17-13(18(24)11(10)2)8-15-20(22(17)27-5)29-9-28-15/h7-8,10-11,18,23-24H,6,9H2,1-5H3/t10?,11-,18-/m1/s1. The molecular formula is C22H26O7. The molecule has 0 saturated carbocycles. The Balaban J connectivity index is 2.16. The van der Waals surface area contributed by atoms with Gasteiger partial charge in [-0.25, -0.2) is 0 Å². The number of rotatable bonds is 3. The second-order valence-corrected chi connectivity index (χ2v) is 7.59. The topological polar surface area (TPSA) is 86.6 Å². The number of phenolic OH excluding ortho intramolecular Hbond substituents is 1. The Morgan fingerprint density at radius 1 is 0.931 bits per heavy atom. The van der Waals surface area contributed by atoms with Gasteiger partial charge < -0.3 is 33.9 Å². The van der Waals surface area contributed by atoms with Crippen LogP contribution in [0.4, 0.5) is 0 Å². The van der Waals surface area contributed by atoms with Crippen molar-refractivity contribution in [2.75, 3.05) is 28.1 Å². The maximum absolute atomic E-state index is 11.3. The molecule has 0 fully saturated rings. The van der Waals surface area contributed by atoms with Crippen LogP contribution in [0.2, 0.25) is 0 Å². The smallest absolute Gasteiger partial charge is 0.231 e. The number of hydrogen-bond donors (Lipinski definition) is 2. The molecule has 1 aliphatic heterocycles. The highest BCUT2D eigenvalue weighted by molar-refractivity contribution is 5.88. The highest BCUT2D eigenvalue weighted by Crippen LogP contribution is 2.57. The van der Waals surface area contributed by atoms with Gasteiger partial charge in [-0.1, -0.05) is 13.8 Å². The Bertz CT molecular complexity index is 953. The minimum absolute atomic E-state index is 0.00494. The van der Waals surface area contributed by atoms with Crippen molar-refractivity contribution < 1.29 is 33.9 Å². The molecule has 0 saturated heterocycles. The summed E-state index contributed by atoms with van der Waals surface area (Å²) in [5.41, 5.74) is 2.92. The summed E-state index contributed by atoms with van der Waals surface area (Å²) >= 11 is 0. The molecule has 2 aliphatic rings.